The Kier molecular flexibility index (Phi) is 3.69. The summed E-state index contributed by atoms with van der Waals surface area (Å²) in [6, 6.07) is 0.473. The number of carbonyl (C=O) groups excluding carboxylic acids is 1. The van der Waals surface area contributed by atoms with E-state index in [-0.39, 0.29) is 12.0 Å². The van der Waals surface area contributed by atoms with Crippen LogP contribution in [-0.4, -0.2) is 48.2 Å². The molecule has 0 spiro atoms. The zero-order chi connectivity index (χ0) is 9.84. The summed E-state index contributed by atoms with van der Waals surface area (Å²) in [5.74, 6) is 0.114. The lowest BCUT2D eigenvalue weighted by atomic mass is 10.4. The number of nitrogens with zero attached hydrogens (tertiary/aromatic N) is 1. The smallest absolute Gasteiger partial charge is 0.236 e. The van der Waals surface area contributed by atoms with E-state index in [9.17, 15) is 4.79 Å². The fourth-order valence-electron chi connectivity index (χ4n) is 1.18. The molecule has 0 aromatic heterocycles. The van der Waals surface area contributed by atoms with E-state index in [0.717, 1.165) is 12.8 Å². The van der Waals surface area contributed by atoms with Gasteiger partial charge in [0.25, 0.3) is 0 Å². The predicted molar refractivity (Wildman–Crippen MR) is 50.3 cm³/mol. The number of amides is 1. The van der Waals surface area contributed by atoms with Crippen molar-refractivity contribution in [3.05, 3.63) is 0 Å². The van der Waals surface area contributed by atoms with Crippen LogP contribution >= 0.6 is 0 Å². The van der Waals surface area contributed by atoms with Crippen LogP contribution in [0.1, 0.15) is 19.8 Å². The highest BCUT2D eigenvalue weighted by Crippen LogP contribution is 2.24. The number of likely N-dealkylation sites (N-methyl/N-ethyl adjacent to an activating group) is 1. The number of carbonyl (C=O) groups is 1. The van der Waals surface area contributed by atoms with Gasteiger partial charge < -0.3 is 15.3 Å². The molecule has 1 amide bonds. The van der Waals surface area contributed by atoms with Gasteiger partial charge in [-0.2, -0.15) is 0 Å². The highest BCUT2D eigenvalue weighted by molar-refractivity contribution is 5.78. The molecule has 1 atom stereocenters. The van der Waals surface area contributed by atoms with Gasteiger partial charge in [-0.05, 0) is 19.8 Å². The average molecular weight is 186 g/mol. The van der Waals surface area contributed by atoms with E-state index in [2.05, 4.69) is 5.32 Å². The zero-order valence-corrected chi connectivity index (χ0v) is 8.29. The molecule has 76 valence electrons. The van der Waals surface area contributed by atoms with Crippen LogP contribution in [0.5, 0.6) is 0 Å². The van der Waals surface area contributed by atoms with Crippen molar-refractivity contribution >= 4 is 5.91 Å². The fraction of sp³-hybridized carbons (Fsp3) is 0.889. The summed E-state index contributed by atoms with van der Waals surface area (Å²) in [4.78, 5) is 13.2. The van der Waals surface area contributed by atoms with Crippen molar-refractivity contribution in [1.82, 2.24) is 10.2 Å². The minimum atomic E-state index is -0.390. The molecule has 1 fully saturated rings. The summed E-state index contributed by atoms with van der Waals surface area (Å²) in [6.07, 6.45) is 1.89. The maximum Gasteiger partial charge on any atom is 0.236 e. The third-order valence-corrected chi connectivity index (χ3v) is 2.20. The summed E-state index contributed by atoms with van der Waals surface area (Å²) in [6.45, 7) is 2.50. The second kappa shape index (κ2) is 4.58. The molecule has 1 rings (SSSR count). The van der Waals surface area contributed by atoms with Crippen molar-refractivity contribution in [2.24, 2.45) is 0 Å². The summed E-state index contributed by atoms with van der Waals surface area (Å²) in [5.41, 5.74) is 0. The normalized spacial score (nSPS) is 18.4. The van der Waals surface area contributed by atoms with Crippen molar-refractivity contribution in [2.75, 3.05) is 20.1 Å². The van der Waals surface area contributed by atoms with Crippen molar-refractivity contribution < 1.29 is 9.90 Å². The van der Waals surface area contributed by atoms with Crippen molar-refractivity contribution in [3.8, 4) is 0 Å². The molecule has 1 aliphatic carbocycles. The van der Waals surface area contributed by atoms with Gasteiger partial charge in [-0.15, -0.1) is 0 Å². The molecule has 0 saturated heterocycles. The summed E-state index contributed by atoms with van der Waals surface area (Å²) < 4.78 is 0. The van der Waals surface area contributed by atoms with Crippen molar-refractivity contribution in [3.63, 3.8) is 0 Å². The first-order valence-electron chi connectivity index (χ1n) is 4.75. The Labute approximate surface area is 78.9 Å². The van der Waals surface area contributed by atoms with Crippen LogP contribution in [0.3, 0.4) is 0 Å². The van der Waals surface area contributed by atoms with Crippen LogP contribution in [0.25, 0.3) is 0 Å². The number of hydrogen-bond donors (Lipinski definition) is 2. The number of aliphatic hydroxyl groups is 1. The lowest BCUT2D eigenvalue weighted by Gasteiger charge is -2.16. The molecule has 0 aromatic rings. The van der Waals surface area contributed by atoms with Gasteiger partial charge in [-0.1, -0.05) is 0 Å². The number of aliphatic hydroxyl groups excluding tert-OH is 1. The minimum absolute atomic E-state index is 0.114. The molecule has 0 aromatic carbocycles. The van der Waals surface area contributed by atoms with Gasteiger partial charge in [0.1, 0.15) is 0 Å². The first kappa shape index (κ1) is 10.5. The lowest BCUT2D eigenvalue weighted by molar-refractivity contribution is -0.129. The van der Waals surface area contributed by atoms with Crippen molar-refractivity contribution in [1.29, 1.82) is 0 Å². The van der Waals surface area contributed by atoms with Gasteiger partial charge in [0.05, 0.1) is 12.6 Å². The monoisotopic (exact) mass is 186 g/mol. The van der Waals surface area contributed by atoms with Crippen LogP contribution < -0.4 is 5.32 Å². The minimum Gasteiger partial charge on any atom is -0.392 e. The largest absolute Gasteiger partial charge is 0.392 e. The topological polar surface area (TPSA) is 52.6 Å². The first-order chi connectivity index (χ1) is 6.11. The summed E-state index contributed by atoms with van der Waals surface area (Å²) >= 11 is 0. The van der Waals surface area contributed by atoms with E-state index in [1.807, 2.05) is 7.05 Å². The van der Waals surface area contributed by atoms with E-state index in [4.69, 9.17) is 5.11 Å². The molecule has 0 bridgehead atoms. The Morgan fingerprint density at radius 3 is 2.77 bits per heavy atom. The van der Waals surface area contributed by atoms with Gasteiger partial charge in [0.15, 0.2) is 0 Å². The number of hydrogen-bond acceptors (Lipinski definition) is 3. The molecule has 0 heterocycles. The van der Waals surface area contributed by atoms with E-state index in [0.29, 0.717) is 19.1 Å². The number of rotatable bonds is 5. The Hall–Kier alpha value is -0.610. The second-order valence-electron chi connectivity index (χ2n) is 3.72. The highest BCUT2D eigenvalue weighted by atomic mass is 16.3. The van der Waals surface area contributed by atoms with Crippen LogP contribution in [0.2, 0.25) is 0 Å². The SMILES string of the molecule is CC(O)CNCC(=O)N(C)C1CC1. The standard InChI is InChI=1S/C9H18N2O2/c1-7(12)5-10-6-9(13)11(2)8-3-4-8/h7-8,10,12H,3-6H2,1-2H3. The quantitative estimate of drug-likeness (QED) is 0.613. The fourth-order valence-corrected chi connectivity index (χ4v) is 1.18. The van der Waals surface area contributed by atoms with Gasteiger partial charge in [0.2, 0.25) is 5.91 Å². The molecule has 1 unspecified atom stereocenters. The second-order valence-corrected chi connectivity index (χ2v) is 3.72. The number of nitrogens with one attached hydrogen (secondary N) is 1. The summed E-state index contributed by atoms with van der Waals surface area (Å²) in [7, 11) is 1.84. The van der Waals surface area contributed by atoms with Gasteiger partial charge in [-0.3, -0.25) is 4.79 Å². The van der Waals surface area contributed by atoms with E-state index in [1.54, 1.807) is 11.8 Å². The Morgan fingerprint density at radius 2 is 2.31 bits per heavy atom. The maximum absolute atomic E-state index is 11.4. The third kappa shape index (κ3) is 3.74. The molecular weight excluding hydrogens is 168 g/mol. The Morgan fingerprint density at radius 1 is 1.69 bits per heavy atom. The van der Waals surface area contributed by atoms with E-state index < -0.39 is 0 Å². The van der Waals surface area contributed by atoms with Crippen LogP contribution in [0.4, 0.5) is 0 Å². The molecule has 4 nitrogen and oxygen atoms in total. The highest BCUT2D eigenvalue weighted by Gasteiger charge is 2.28. The Bertz CT molecular complexity index is 178. The van der Waals surface area contributed by atoms with Crippen LogP contribution in [-0.2, 0) is 4.79 Å². The van der Waals surface area contributed by atoms with Gasteiger partial charge >= 0.3 is 0 Å². The average Bonchev–Trinajstić information content (AvgIpc) is 2.84. The first-order valence-corrected chi connectivity index (χ1v) is 4.75. The third-order valence-electron chi connectivity index (χ3n) is 2.20. The molecule has 4 heteroatoms. The van der Waals surface area contributed by atoms with Crippen LogP contribution in [0, 0.1) is 0 Å². The lowest BCUT2D eigenvalue weighted by Crippen LogP contribution is -2.38. The van der Waals surface area contributed by atoms with E-state index >= 15 is 0 Å². The molecule has 13 heavy (non-hydrogen) atoms. The molecular formula is C9H18N2O2. The van der Waals surface area contributed by atoms with Gasteiger partial charge in [-0.25, -0.2) is 0 Å². The molecule has 0 radical (unpaired) electrons. The molecule has 1 aliphatic rings. The van der Waals surface area contributed by atoms with Crippen LogP contribution in [0.15, 0.2) is 0 Å². The predicted octanol–water partition coefficient (Wildman–Crippen LogP) is -0.422. The molecule has 1 saturated carbocycles. The Balaban J connectivity index is 2.09. The molecule has 2 N–H and O–H groups in total. The summed E-state index contributed by atoms with van der Waals surface area (Å²) in [5, 5.41) is 11.8. The molecule has 0 aliphatic heterocycles. The van der Waals surface area contributed by atoms with Crippen molar-refractivity contribution in [2.45, 2.75) is 31.9 Å². The maximum atomic E-state index is 11.4. The van der Waals surface area contributed by atoms with Gasteiger partial charge in [0, 0.05) is 19.6 Å². The zero-order valence-electron chi connectivity index (χ0n) is 8.29. The van der Waals surface area contributed by atoms with E-state index in [1.165, 1.54) is 0 Å².